The van der Waals surface area contributed by atoms with Crippen LogP contribution in [0.5, 0.6) is 0 Å². The van der Waals surface area contributed by atoms with E-state index in [4.69, 9.17) is 14.6 Å². The summed E-state index contributed by atoms with van der Waals surface area (Å²) in [5.74, 6) is -2.69. The van der Waals surface area contributed by atoms with Crippen LogP contribution in [0.15, 0.2) is 48.8 Å². The number of pyridine rings is 1. The molecule has 1 aromatic heterocycles. The van der Waals surface area contributed by atoms with Crippen LogP contribution in [0.25, 0.3) is 0 Å². The lowest BCUT2D eigenvalue weighted by Gasteiger charge is -2.31. The summed E-state index contributed by atoms with van der Waals surface area (Å²) in [6.45, 7) is 2.21. The number of carboxylic acid groups (broad SMARTS) is 1. The van der Waals surface area contributed by atoms with Gasteiger partial charge in [0.1, 0.15) is 0 Å². The second kappa shape index (κ2) is 11.3. The van der Waals surface area contributed by atoms with E-state index in [0.717, 1.165) is 43.9 Å². The van der Waals surface area contributed by atoms with E-state index >= 15 is 0 Å². The van der Waals surface area contributed by atoms with E-state index in [1.165, 1.54) is 5.56 Å². The third-order valence-electron chi connectivity index (χ3n) is 4.68. The molecule has 1 amide bonds. The first-order valence-electron chi connectivity index (χ1n) is 9.56. The maximum Gasteiger partial charge on any atom is 0.490 e. The molecule has 0 bridgehead atoms. The minimum atomic E-state index is -5.08. The number of rotatable bonds is 5. The fraction of sp³-hybridized carbons (Fsp3) is 0.381. The summed E-state index contributed by atoms with van der Waals surface area (Å²) in [7, 11) is 1.88. The van der Waals surface area contributed by atoms with Crippen molar-refractivity contribution in [3.63, 3.8) is 0 Å². The van der Waals surface area contributed by atoms with Crippen LogP contribution in [0.1, 0.15) is 28.8 Å². The van der Waals surface area contributed by atoms with E-state index in [1.54, 1.807) is 12.4 Å². The summed E-state index contributed by atoms with van der Waals surface area (Å²) >= 11 is 0. The number of aliphatic carboxylic acids is 1. The zero-order valence-electron chi connectivity index (χ0n) is 16.9. The number of ether oxygens (including phenoxy) is 1. The van der Waals surface area contributed by atoms with Crippen LogP contribution in [-0.4, -0.2) is 59.3 Å². The lowest BCUT2D eigenvalue weighted by molar-refractivity contribution is -0.192. The Morgan fingerprint density at radius 1 is 1.13 bits per heavy atom. The second-order valence-corrected chi connectivity index (χ2v) is 6.85. The van der Waals surface area contributed by atoms with Gasteiger partial charge in [0.15, 0.2) is 0 Å². The monoisotopic (exact) mass is 439 g/mol. The van der Waals surface area contributed by atoms with Crippen LogP contribution in [0, 0.1) is 0 Å². The zero-order valence-corrected chi connectivity index (χ0v) is 16.9. The molecule has 0 atom stereocenters. The molecule has 2 aromatic rings. The van der Waals surface area contributed by atoms with Crippen LogP contribution in [0.4, 0.5) is 18.9 Å². The molecule has 10 heteroatoms. The number of amides is 1. The fourth-order valence-electron chi connectivity index (χ4n) is 2.88. The molecule has 0 radical (unpaired) electrons. The number of nitrogens with zero attached hydrogens (tertiary/aromatic N) is 2. The van der Waals surface area contributed by atoms with Crippen molar-refractivity contribution in [1.29, 1.82) is 0 Å². The highest BCUT2D eigenvalue weighted by Crippen LogP contribution is 2.17. The van der Waals surface area contributed by atoms with Crippen molar-refractivity contribution >= 4 is 17.6 Å². The molecule has 31 heavy (non-hydrogen) atoms. The Morgan fingerprint density at radius 2 is 1.68 bits per heavy atom. The van der Waals surface area contributed by atoms with E-state index < -0.39 is 12.1 Å². The van der Waals surface area contributed by atoms with E-state index in [-0.39, 0.29) is 11.9 Å². The summed E-state index contributed by atoms with van der Waals surface area (Å²) in [6.07, 6.45) is 0.303. The van der Waals surface area contributed by atoms with Gasteiger partial charge in [-0.1, -0.05) is 0 Å². The molecule has 1 aromatic carbocycles. The molecule has 1 aliphatic rings. The summed E-state index contributed by atoms with van der Waals surface area (Å²) in [4.78, 5) is 27.3. The van der Waals surface area contributed by atoms with Gasteiger partial charge in [0.2, 0.25) is 0 Å². The first-order chi connectivity index (χ1) is 14.7. The molecular weight excluding hydrogens is 415 g/mol. The van der Waals surface area contributed by atoms with Crippen LogP contribution in [-0.2, 0) is 16.1 Å². The van der Waals surface area contributed by atoms with Crippen molar-refractivity contribution in [3.05, 3.63) is 59.9 Å². The number of carboxylic acids is 1. The highest BCUT2D eigenvalue weighted by molar-refractivity contribution is 5.94. The van der Waals surface area contributed by atoms with Gasteiger partial charge in [0, 0.05) is 56.5 Å². The number of carbonyl (C=O) groups is 2. The minimum absolute atomic E-state index is 0.0718. The largest absolute Gasteiger partial charge is 0.490 e. The Bertz CT molecular complexity index is 839. The van der Waals surface area contributed by atoms with Gasteiger partial charge >= 0.3 is 12.1 Å². The number of halogens is 3. The average molecular weight is 439 g/mol. The van der Waals surface area contributed by atoms with Gasteiger partial charge in [-0.2, -0.15) is 13.2 Å². The lowest BCUT2D eigenvalue weighted by Crippen LogP contribution is -2.40. The van der Waals surface area contributed by atoms with E-state index in [2.05, 4.69) is 10.3 Å². The highest BCUT2D eigenvalue weighted by atomic mass is 19.4. The number of anilines is 1. The van der Waals surface area contributed by atoms with Crippen molar-refractivity contribution < 1.29 is 32.6 Å². The highest BCUT2D eigenvalue weighted by Gasteiger charge is 2.38. The van der Waals surface area contributed by atoms with Crippen molar-refractivity contribution in [3.8, 4) is 0 Å². The molecule has 0 spiro atoms. The quantitative estimate of drug-likeness (QED) is 0.740. The maximum absolute atomic E-state index is 12.6. The Labute approximate surface area is 177 Å². The average Bonchev–Trinajstić information content (AvgIpc) is 2.78. The number of alkyl halides is 3. The Balaban J connectivity index is 0.000000423. The normalized spacial score (nSPS) is 14.2. The van der Waals surface area contributed by atoms with Crippen molar-refractivity contribution in [1.82, 2.24) is 9.88 Å². The number of nitrogens with one attached hydrogen (secondary N) is 1. The molecule has 0 unspecified atom stereocenters. The summed E-state index contributed by atoms with van der Waals surface area (Å²) < 4.78 is 37.1. The molecule has 2 heterocycles. The van der Waals surface area contributed by atoms with Gasteiger partial charge < -0.3 is 20.1 Å². The maximum atomic E-state index is 12.6. The third-order valence-corrected chi connectivity index (χ3v) is 4.68. The van der Waals surface area contributed by atoms with E-state index in [9.17, 15) is 18.0 Å². The lowest BCUT2D eigenvalue weighted by atomic mass is 10.1. The molecule has 168 valence electrons. The fourth-order valence-corrected chi connectivity index (χ4v) is 2.88. The number of benzene rings is 1. The van der Waals surface area contributed by atoms with Gasteiger partial charge in [-0.25, -0.2) is 4.79 Å². The van der Waals surface area contributed by atoms with Crippen LogP contribution >= 0.6 is 0 Å². The van der Waals surface area contributed by atoms with Crippen molar-refractivity contribution in [2.24, 2.45) is 0 Å². The van der Waals surface area contributed by atoms with Crippen molar-refractivity contribution in [2.75, 3.05) is 25.6 Å². The molecule has 1 saturated heterocycles. The Morgan fingerprint density at radius 3 is 2.19 bits per heavy atom. The molecule has 3 rings (SSSR count). The van der Waals surface area contributed by atoms with Gasteiger partial charge in [-0.05, 0) is 54.8 Å². The predicted molar refractivity (Wildman–Crippen MR) is 108 cm³/mol. The van der Waals surface area contributed by atoms with E-state index in [1.807, 2.05) is 48.3 Å². The first-order valence-corrected chi connectivity index (χ1v) is 9.56. The van der Waals surface area contributed by atoms with Crippen LogP contribution < -0.4 is 5.32 Å². The van der Waals surface area contributed by atoms with Crippen LogP contribution in [0.2, 0.25) is 0 Å². The molecule has 1 fully saturated rings. The van der Waals surface area contributed by atoms with Gasteiger partial charge in [-0.15, -0.1) is 0 Å². The summed E-state index contributed by atoms with van der Waals surface area (Å²) in [5, 5.41) is 10.5. The standard InChI is InChI=1S/C19H23N3O2.C2HF3O2/c1-22(18-8-12-24-13-9-18)19(23)16-2-4-17(5-3-16)21-14-15-6-10-20-11-7-15;3-2(4,5)1(6)7/h2-7,10-11,18,21H,8-9,12-14H2,1H3;(H,6,7). The molecule has 0 aliphatic carbocycles. The third kappa shape index (κ3) is 7.89. The number of hydrogen-bond donors (Lipinski definition) is 2. The molecule has 1 aliphatic heterocycles. The smallest absolute Gasteiger partial charge is 0.475 e. The SMILES string of the molecule is CN(C(=O)c1ccc(NCc2ccncc2)cc1)C1CCOCC1.O=C(O)C(F)(F)F. The summed E-state index contributed by atoms with van der Waals surface area (Å²) in [6, 6.07) is 11.9. The number of hydrogen-bond acceptors (Lipinski definition) is 5. The molecule has 7 nitrogen and oxygen atoms in total. The van der Waals surface area contributed by atoms with Gasteiger partial charge in [0.05, 0.1) is 0 Å². The number of carbonyl (C=O) groups excluding carboxylic acids is 1. The number of aromatic nitrogens is 1. The topological polar surface area (TPSA) is 91.8 Å². The van der Waals surface area contributed by atoms with Gasteiger partial charge in [-0.3, -0.25) is 9.78 Å². The Kier molecular flexibility index (Phi) is 8.80. The predicted octanol–water partition coefficient (Wildman–Crippen LogP) is 3.58. The molecule has 2 N–H and O–H groups in total. The second-order valence-electron chi connectivity index (χ2n) is 6.85. The van der Waals surface area contributed by atoms with Crippen LogP contribution in [0.3, 0.4) is 0 Å². The summed E-state index contributed by atoms with van der Waals surface area (Å²) in [5.41, 5.74) is 2.89. The van der Waals surface area contributed by atoms with Crippen molar-refractivity contribution in [2.45, 2.75) is 31.6 Å². The molecule has 0 saturated carbocycles. The Hall–Kier alpha value is -3.14. The minimum Gasteiger partial charge on any atom is -0.475 e. The molecular formula is C21H24F3N3O4. The first kappa shape index (κ1) is 24.1. The van der Waals surface area contributed by atoms with E-state index in [0.29, 0.717) is 0 Å². The zero-order chi connectivity index (χ0) is 22.9. The van der Waals surface area contributed by atoms with Gasteiger partial charge in [0.25, 0.3) is 5.91 Å².